The van der Waals surface area contributed by atoms with Gasteiger partial charge in [-0.05, 0) is 53.4 Å². The Labute approximate surface area is 122 Å². The van der Waals surface area contributed by atoms with Crippen LogP contribution in [0.5, 0.6) is 0 Å². The van der Waals surface area contributed by atoms with Gasteiger partial charge in [-0.15, -0.1) is 0 Å². The second-order valence-electron chi connectivity index (χ2n) is 4.13. The van der Waals surface area contributed by atoms with Gasteiger partial charge in [0.15, 0.2) is 0 Å². The number of rotatable bonds is 8. The quantitative estimate of drug-likeness (QED) is 0.555. The maximum absolute atomic E-state index is 12.0. The highest BCUT2D eigenvalue weighted by Crippen LogP contribution is 2.22. The molecule has 1 aromatic carbocycles. The summed E-state index contributed by atoms with van der Waals surface area (Å²) in [6.07, 6.45) is 2.65. The van der Waals surface area contributed by atoms with Gasteiger partial charge in [-0.3, -0.25) is 0 Å². The molecular weight excluding hydrogens is 332 g/mol. The van der Waals surface area contributed by atoms with E-state index in [4.69, 9.17) is 10.5 Å². The van der Waals surface area contributed by atoms with Crippen molar-refractivity contribution in [1.82, 2.24) is 4.72 Å². The number of methoxy groups -OCH3 is 1. The van der Waals surface area contributed by atoms with Crippen molar-refractivity contribution in [3.05, 3.63) is 22.7 Å². The molecule has 0 radical (unpaired) electrons. The van der Waals surface area contributed by atoms with Gasteiger partial charge in [-0.2, -0.15) is 0 Å². The SMILES string of the molecule is COCCCCCNS(=O)(=O)c1ccc(Br)c(N)c1. The molecule has 5 nitrogen and oxygen atoms in total. The molecule has 0 spiro atoms. The molecule has 1 aromatic rings. The van der Waals surface area contributed by atoms with Gasteiger partial charge < -0.3 is 10.5 Å². The predicted octanol–water partition coefficient (Wildman–Crippen LogP) is 2.13. The Kier molecular flexibility index (Phi) is 6.78. The maximum atomic E-state index is 12.0. The molecule has 7 heteroatoms. The van der Waals surface area contributed by atoms with Crippen LogP contribution in [0.4, 0.5) is 5.69 Å². The minimum atomic E-state index is -3.47. The van der Waals surface area contributed by atoms with E-state index in [-0.39, 0.29) is 4.90 Å². The Morgan fingerprint density at radius 3 is 2.68 bits per heavy atom. The number of sulfonamides is 1. The normalized spacial score (nSPS) is 11.7. The van der Waals surface area contributed by atoms with E-state index in [0.29, 0.717) is 23.3 Å². The highest BCUT2D eigenvalue weighted by molar-refractivity contribution is 9.10. The monoisotopic (exact) mass is 350 g/mol. The van der Waals surface area contributed by atoms with Gasteiger partial charge >= 0.3 is 0 Å². The van der Waals surface area contributed by atoms with Crippen LogP contribution in [0, 0.1) is 0 Å². The van der Waals surface area contributed by atoms with Gasteiger partial charge in [0, 0.05) is 30.4 Å². The lowest BCUT2D eigenvalue weighted by atomic mass is 10.2. The molecule has 0 saturated heterocycles. The van der Waals surface area contributed by atoms with E-state index in [1.54, 1.807) is 13.2 Å². The summed E-state index contributed by atoms with van der Waals surface area (Å²) < 4.78 is 32.1. The predicted molar refractivity (Wildman–Crippen MR) is 79.5 cm³/mol. The number of nitrogens with one attached hydrogen (secondary N) is 1. The summed E-state index contributed by atoms with van der Waals surface area (Å²) in [4.78, 5) is 0.185. The molecule has 19 heavy (non-hydrogen) atoms. The van der Waals surface area contributed by atoms with E-state index in [1.165, 1.54) is 12.1 Å². The van der Waals surface area contributed by atoms with Gasteiger partial charge in [-0.1, -0.05) is 0 Å². The fourth-order valence-corrected chi connectivity index (χ4v) is 2.88. The molecule has 0 unspecified atom stereocenters. The van der Waals surface area contributed by atoms with Crippen molar-refractivity contribution in [3.63, 3.8) is 0 Å². The summed E-state index contributed by atoms with van der Waals surface area (Å²) in [5, 5.41) is 0. The van der Waals surface area contributed by atoms with E-state index in [1.807, 2.05) is 0 Å². The van der Waals surface area contributed by atoms with Crippen LogP contribution in [0.15, 0.2) is 27.6 Å². The summed E-state index contributed by atoms with van der Waals surface area (Å²) >= 11 is 3.23. The van der Waals surface area contributed by atoms with E-state index >= 15 is 0 Å². The number of nitrogen functional groups attached to an aromatic ring is 1. The van der Waals surface area contributed by atoms with Crippen LogP contribution in [0.2, 0.25) is 0 Å². The lowest BCUT2D eigenvalue weighted by Gasteiger charge is -2.08. The van der Waals surface area contributed by atoms with Crippen LogP contribution >= 0.6 is 15.9 Å². The second-order valence-corrected chi connectivity index (χ2v) is 6.76. The molecule has 3 N–H and O–H groups in total. The summed E-state index contributed by atoms with van der Waals surface area (Å²) in [5.41, 5.74) is 6.08. The molecule has 0 amide bonds. The topological polar surface area (TPSA) is 81.4 Å². The van der Waals surface area contributed by atoms with Gasteiger partial charge in [-0.25, -0.2) is 13.1 Å². The Morgan fingerprint density at radius 1 is 1.32 bits per heavy atom. The smallest absolute Gasteiger partial charge is 0.240 e. The van der Waals surface area contributed by atoms with Crippen molar-refractivity contribution in [2.75, 3.05) is 26.0 Å². The fraction of sp³-hybridized carbons (Fsp3) is 0.500. The standard InChI is InChI=1S/C12H19BrN2O3S/c1-18-8-4-2-3-7-15-19(16,17)10-5-6-11(13)12(14)9-10/h5-6,9,15H,2-4,7-8,14H2,1H3. The van der Waals surface area contributed by atoms with Crippen LogP contribution < -0.4 is 10.5 Å². The molecule has 0 aliphatic rings. The summed E-state index contributed by atoms with van der Waals surface area (Å²) in [5.74, 6) is 0. The van der Waals surface area contributed by atoms with Crippen LogP contribution in [0.3, 0.4) is 0 Å². The van der Waals surface area contributed by atoms with Gasteiger partial charge in [0.25, 0.3) is 0 Å². The van der Waals surface area contributed by atoms with Gasteiger partial charge in [0.2, 0.25) is 10.0 Å². The van der Waals surface area contributed by atoms with Gasteiger partial charge in [0.1, 0.15) is 0 Å². The van der Waals surface area contributed by atoms with Crippen molar-refractivity contribution >= 4 is 31.6 Å². The number of hydrogen-bond donors (Lipinski definition) is 2. The van der Waals surface area contributed by atoms with E-state index < -0.39 is 10.0 Å². The largest absolute Gasteiger partial charge is 0.398 e. The third kappa shape index (κ3) is 5.48. The average molecular weight is 351 g/mol. The second kappa shape index (κ2) is 7.84. The average Bonchev–Trinajstić information content (AvgIpc) is 2.36. The lowest BCUT2D eigenvalue weighted by Crippen LogP contribution is -2.25. The molecular formula is C12H19BrN2O3S. The molecule has 0 heterocycles. The first kappa shape index (κ1) is 16.4. The maximum Gasteiger partial charge on any atom is 0.240 e. The number of hydrogen-bond acceptors (Lipinski definition) is 4. The lowest BCUT2D eigenvalue weighted by molar-refractivity contribution is 0.192. The Balaban J connectivity index is 2.49. The summed E-state index contributed by atoms with van der Waals surface area (Å²) in [7, 11) is -1.82. The van der Waals surface area contributed by atoms with Crippen LogP contribution in [0.25, 0.3) is 0 Å². The van der Waals surface area contributed by atoms with Crippen molar-refractivity contribution in [2.45, 2.75) is 24.2 Å². The van der Waals surface area contributed by atoms with Crippen molar-refractivity contribution in [2.24, 2.45) is 0 Å². The minimum absolute atomic E-state index is 0.185. The first-order valence-electron chi connectivity index (χ1n) is 6.01. The number of nitrogens with two attached hydrogens (primary N) is 1. The number of benzene rings is 1. The zero-order valence-electron chi connectivity index (χ0n) is 10.9. The fourth-order valence-electron chi connectivity index (χ4n) is 1.53. The molecule has 0 saturated carbocycles. The Hall–Kier alpha value is -0.630. The zero-order valence-corrected chi connectivity index (χ0v) is 13.3. The van der Waals surface area contributed by atoms with E-state index in [2.05, 4.69) is 20.7 Å². The number of anilines is 1. The van der Waals surface area contributed by atoms with Crippen LogP contribution in [0.1, 0.15) is 19.3 Å². The highest BCUT2D eigenvalue weighted by Gasteiger charge is 2.14. The third-order valence-electron chi connectivity index (χ3n) is 2.60. The molecule has 0 atom stereocenters. The molecule has 108 valence electrons. The first-order chi connectivity index (χ1) is 8.97. The number of ether oxygens (including phenoxy) is 1. The minimum Gasteiger partial charge on any atom is -0.398 e. The molecule has 0 aliphatic carbocycles. The highest BCUT2D eigenvalue weighted by atomic mass is 79.9. The van der Waals surface area contributed by atoms with Crippen LogP contribution in [-0.4, -0.2) is 28.7 Å². The van der Waals surface area contributed by atoms with Gasteiger partial charge in [0.05, 0.1) is 4.90 Å². The Morgan fingerprint density at radius 2 is 2.05 bits per heavy atom. The van der Waals surface area contributed by atoms with Crippen molar-refractivity contribution in [3.8, 4) is 0 Å². The van der Waals surface area contributed by atoms with Crippen LogP contribution in [-0.2, 0) is 14.8 Å². The Bertz CT molecular complexity index is 506. The molecule has 0 aromatic heterocycles. The van der Waals surface area contributed by atoms with E-state index in [0.717, 1.165) is 19.3 Å². The first-order valence-corrected chi connectivity index (χ1v) is 8.28. The number of halogens is 1. The van der Waals surface area contributed by atoms with E-state index in [9.17, 15) is 8.42 Å². The molecule has 0 fully saturated rings. The third-order valence-corrected chi connectivity index (χ3v) is 4.78. The van der Waals surface area contributed by atoms with Crippen molar-refractivity contribution in [1.29, 1.82) is 0 Å². The summed E-state index contributed by atoms with van der Waals surface area (Å²) in [6.45, 7) is 1.12. The zero-order chi connectivity index (χ0) is 14.3. The van der Waals surface area contributed by atoms with Crippen molar-refractivity contribution < 1.29 is 13.2 Å². The number of unbranched alkanes of at least 4 members (excludes halogenated alkanes) is 2. The summed E-state index contributed by atoms with van der Waals surface area (Å²) in [6, 6.07) is 4.59. The molecule has 1 rings (SSSR count). The molecule has 0 aliphatic heterocycles. The molecule has 0 bridgehead atoms.